The molecule has 34 heavy (non-hydrogen) atoms. The summed E-state index contributed by atoms with van der Waals surface area (Å²) >= 11 is 6.00. The highest BCUT2D eigenvalue weighted by Gasteiger charge is 2.17. The summed E-state index contributed by atoms with van der Waals surface area (Å²) in [7, 11) is 1.47. The molecule has 0 saturated carbocycles. The number of hydrogen-bond donors (Lipinski definition) is 0. The van der Waals surface area contributed by atoms with Crippen molar-refractivity contribution in [2.75, 3.05) is 13.7 Å². The lowest BCUT2D eigenvalue weighted by Gasteiger charge is -2.18. The number of aromatic nitrogens is 2. The molecular formula is C25H27ClFN3O4. The molecule has 1 aromatic heterocycles. The molecule has 1 heterocycles. The van der Waals surface area contributed by atoms with Crippen LogP contribution in [0.1, 0.15) is 37.4 Å². The van der Waals surface area contributed by atoms with Crippen LogP contribution in [0.15, 0.2) is 47.3 Å². The molecule has 0 saturated heterocycles. The highest BCUT2D eigenvalue weighted by atomic mass is 35.5. The number of unbranched alkanes of at least 4 members (excludes halogenated alkanes) is 1. The maximum atomic E-state index is 13.9. The van der Waals surface area contributed by atoms with Crippen LogP contribution in [0, 0.1) is 5.82 Å². The minimum atomic E-state index is -0.625. The summed E-state index contributed by atoms with van der Waals surface area (Å²) in [5.74, 6) is -1.64. The fraction of sp³-hybridized carbons (Fsp3) is 0.360. The molecule has 0 aliphatic carbocycles. The van der Waals surface area contributed by atoms with Gasteiger partial charge in [-0.05, 0) is 30.7 Å². The van der Waals surface area contributed by atoms with E-state index in [1.807, 2.05) is 24.3 Å². The monoisotopic (exact) mass is 487 g/mol. The van der Waals surface area contributed by atoms with E-state index in [1.165, 1.54) is 30.1 Å². The summed E-state index contributed by atoms with van der Waals surface area (Å²) in [4.78, 5) is 43.1. The van der Waals surface area contributed by atoms with E-state index >= 15 is 0 Å². The molecule has 0 unspecified atom stereocenters. The van der Waals surface area contributed by atoms with Crippen molar-refractivity contribution in [1.29, 1.82) is 0 Å². The van der Waals surface area contributed by atoms with Gasteiger partial charge in [-0.1, -0.05) is 43.1 Å². The third-order valence-electron chi connectivity index (χ3n) is 5.46. The van der Waals surface area contributed by atoms with Crippen LogP contribution in [-0.4, -0.2) is 40.0 Å². The first-order valence-electron chi connectivity index (χ1n) is 11.1. The molecule has 180 valence electrons. The number of esters is 1. The predicted octanol–water partition coefficient (Wildman–Crippen LogP) is 4.12. The second-order valence-corrected chi connectivity index (χ2v) is 8.38. The lowest BCUT2D eigenvalue weighted by molar-refractivity contribution is -0.151. The van der Waals surface area contributed by atoms with E-state index in [1.54, 1.807) is 4.57 Å². The van der Waals surface area contributed by atoms with Gasteiger partial charge in [-0.25, -0.2) is 9.37 Å². The van der Waals surface area contributed by atoms with Crippen LogP contribution < -0.4 is 5.56 Å². The Balaban J connectivity index is 1.59. The Bertz CT molecular complexity index is 1220. The minimum absolute atomic E-state index is 0.0554. The first-order chi connectivity index (χ1) is 16.3. The molecule has 0 bridgehead atoms. The number of amides is 1. The van der Waals surface area contributed by atoms with Gasteiger partial charge in [-0.2, -0.15) is 0 Å². The van der Waals surface area contributed by atoms with E-state index in [2.05, 4.69) is 11.9 Å². The van der Waals surface area contributed by atoms with Crippen LogP contribution in [-0.2, 0) is 33.8 Å². The molecule has 0 radical (unpaired) electrons. The van der Waals surface area contributed by atoms with Crippen molar-refractivity contribution >= 4 is 34.5 Å². The summed E-state index contributed by atoms with van der Waals surface area (Å²) in [6.45, 7) is 2.07. The number of para-hydroxylation sites is 2. The van der Waals surface area contributed by atoms with Crippen molar-refractivity contribution in [2.24, 2.45) is 0 Å². The van der Waals surface area contributed by atoms with Crippen LogP contribution >= 0.6 is 11.6 Å². The first-order valence-corrected chi connectivity index (χ1v) is 11.5. The summed E-state index contributed by atoms with van der Waals surface area (Å²) in [5.41, 5.74) is 1.69. The van der Waals surface area contributed by atoms with Crippen molar-refractivity contribution in [3.05, 3.63) is 74.9 Å². The van der Waals surface area contributed by atoms with E-state index in [4.69, 9.17) is 16.3 Å². The minimum Gasteiger partial charge on any atom is -0.456 e. The number of aryl methyl sites for hydroxylation is 2. The van der Waals surface area contributed by atoms with Gasteiger partial charge in [0.15, 0.2) is 6.61 Å². The van der Waals surface area contributed by atoms with Crippen LogP contribution in [0.5, 0.6) is 0 Å². The fourth-order valence-corrected chi connectivity index (χ4v) is 3.72. The second-order valence-electron chi connectivity index (χ2n) is 7.97. The SMILES string of the molecule is CCCCn1c(=O)c(CCC(=O)OCC(=O)N(C)Cc2c(F)cccc2Cl)nc2ccccc21. The number of carbonyl (C=O) groups is 2. The number of benzene rings is 2. The standard InChI is InChI=1S/C25H27ClFN3O4/c1-3-4-14-30-22-11-6-5-10-20(22)28-21(25(30)33)12-13-24(32)34-16-23(31)29(2)15-17-18(26)8-7-9-19(17)27/h5-11H,3-4,12-16H2,1-2H3. The zero-order chi connectivity index (χ0) is 24.7. The first kappa shape index (κ1) is 25.4. The molecule has 0 aliphatic rings. The molecule has 7 nitrogen and oxygen atoms in total. The van der Waals surface area contributed by atoms with Gasteiger partial charge >= 0.3 is 5.97 Å². The Morgan fingerprint density at radius 3 is 2.68 bits per heavy atom. The molecule has 0 aliphatic heterocycles. The average Bonchev–Trinajstić information content (AvgIpc) is 2.83. The molecule has 3 rings (SSSR count). The number of rotatable bonds is 10. The van der Waals surface area contributed by atoms with E-state index in [-0.39, 0.29) is 41.2 Å². The van der Waals surface area contributed by atoms with Gasteiger partial charge in [-0.3, -0.25) is 14.4 Å². The van der Waals surface area contributed by atoms with Gasteiger partial charge in [0.05, 0.1) is 17.5 Å². The van der Waals surface area contributed by atoms with Crippen molar-refractivity contribution in [3.8, 4) is 0 Å². The number of likely N-dealkylation sites (N-methyl/N-ethyl adjacent to an activating group) is 1. The molecule has 3 aromatic rings. The van der Waals surface area contributed by atoms with E-state index in [0.29, 0.717) is 12.1 Å². The number of halogens is 2. The van der Waals surface area contributed by atoms with Gasteiger partial charge in [0, 0.05) is 37.1 Å². The molecule has 9 heteroatoms. The number of fused-ring (bicyclic) bond motifs is 1. The number of nitrogens with zero attached hydrogens (tertiary/aromatic N) is 3. The normalized spacial score (nSPS) is 10.9. The van der Waals surface area contributed by atoms with Gasteiger partial charge in [0.25, 0.3) is 11.5 Å². The summed E-state index contributed by atoms with van der Waals surface area (Å²) in [6.07, 6.45) is 1.80. The number of carbonyl (C=O) groups excluding carboxylic acids is 2. The largest absolute Gasteiger partial charge is 0.456 e. The molecule has 0 fully saturated rings. The highest BCUT2D eigenvalue weighted by Crippen LogP contribution is 2.20. The fourth-order valence-electron chi connectivity index (χ4n) is 3.50. The van der Waals surface area contributed by atoms with Crippen molar-refractivity contribution in [2.45, 2.75) is 45.7 Å². The van der Waals surface area contributed by atoms with Gasteiger partial charge in [-0.15, -0.1) is 0 Å². The van der Waals surface area contributed by atoms with Crippen LogP contribution in [0.3, 0.4) is 0 Å². The third-order valence-corrected chi connectivity index (χ3v) is 5.81. The summed E-state index contributed by atoms with van der Waals surface area (Å²) in [5, 5.41) is 0.212. The van der Waals surface area contributed by atoms with Crippen LogP contribution in [0.25, 0.3) is 11.0 Å². The van der Waals surface area contributed by atoms with Crippen LogP contribution in [0.4, 0.5) is 4.39 Å². The van der Waals surface area contributed by atoms with Crippen LogP contribution in [0.2, 0.25) is 5.02 Å². The Morgan fingerprint density at radius 1 is 1.18 bits per heavy atom. The average molecular weight is 488 g/mol. The summed E-state index contributed by atoms with van der Waals surface area (Å²) in [6, 6.07) is 11.7. The van der Waals surface area contributed by atoms with E-state index in [0.717, 1.165) is 18.4 Å². The lowest BCUT2D eigenvalue weighted by Crippen LogP contribution is -2.31. The van der Waals surface area contributed by atoms with Crippen molar-refractivity contribution in [3.63, 3.8) is 0 Å². The van der Waals surface area contributed by atoms with Gasteiger partial charge < -0.3 is 14.2 Å². The third kappa shape index (κ3) is 6.20. The molecule has 0 N–H and O–H groups in total. The quantitative estimate of drug-likeness (QED) is 0.402. The maximum absolute atomic E-state index is 13.9. The Kier molecular flexibility index (Phi) is 8.76. The topological polar surface area (TPSA) is 81.5 Å². The Hall–Kier alpha value is -3.26. The lowest BCUT2D eigenvalue weighted by atomic mass is 10.2. The molecule has 1 amide bonds. The Morgan fingerprint density at radius 2 is 1.94 bits per heavy atom. The molecule has 0 atom stereocenters. The van der Waals surface area contributed by atoms with E-state index < -0.39 is 24.3 Å². The Labute approximate surface area is 202 Å². The van der Waals surface area contributed by atoms with Crippen molar-refractivity contribution < 1.29 is 18.7 Å². The zero-order valence-corrected chi connectivity index (χ0v) is 20.0. The smallest absolute Gasteiger partial charge is 0.306 e. The van der Waals surface area contributed by atoms with E-state index in [9.17, 15) is 18.8 Å². The number of hydrogen-bond acceptors (Lipinski definition) is 5. The molecule has 0 spiro atoms. The van der Waals surface area contributed by atoms with Crippen molar-refractivity contribution in [1.82, 2.24) is 14.5 Å². The maximum Gasteiger partial charge on any atom is 0.306 e. The molecular weight excluding hydrogens is 461 g/mol. The van der Waals surface area contributed by atoms with Gasteiger partial charge in [0.2, 0.25) is 0 Å². The predicted molar refractivity (Wildman–Crippen MR) is 128 cm³/mol. The molecule has 2 aromatic carbocycles. The van der Waals surface area contributed by atoms with Gasteiger partial charge in [0.1, 0.15) is 11.5 Å². The number of ether oxygens (including phenoxy) is 1. The highest BCUT2D eigenvalue weighted by molar-refractivity contribution is 6.31. The summed E-state index contributed by atoms with van der Waals surface area (Å²) < 4.78 is 20.7. The zero-order valence-electron chi connectivity index (χ0n) is 19.2. The second kappa shape index (κ2) is 11.7.